The fourth-order valence-electron chi connectivity index (χ4n) is 2.73. The van der Waals surface area contributed by atoms with Gasteiger partial charge in [0.15, 0.2) is 0 Å². The first-order valence-electron chi connectivity index (χ1n) is 9.15. The number of carbonyl (C=O) groups is 1. The van der Waals surface area contributed by atoms with E-state index in [9.17, 15) is 4.79 Å². The van der Waals surface area contributed by atoms with Gasteiger partial charge in [0.05, 0.1) is 12.5 Å². The Morgan fingerprint density at radius 2 is 1.92 bits per heavy atom. The molecule has 1 heterocycles. The van der Waals surface area contributed by atoms with Crippen LogP contribution in [-0.4, -0.2) is 17.5 Å². The van der Waals surface area contributed by atoms with Crippen LogP contribution in [-0.2, 0) is 11.3 Å². The molecule has 1 unspecified atom stereocenters. The maximum Gasteiger partial charge on any atom is 0.227 e. The SMILES string of the molecule is CCCCOc1ncccc1CNC(=O)C(CCC)c1ccccc1. The van der Waals surface area contributed by atoms with Crippen molar-refractivity contribution in [3.8, 4) is 5.88 Å². The van der Waals surface area contributed by atoms with Crippen molar-refractivity contribution in [3.63, 3.8) is 0 Å². The predicted molar refractivity (Wildman–Crippen MR) is 101 cm³/mol. The third-order valence-corrected chi connectivity index (χ3v) is 4.14. The van der Waals surface area contributed by atoms with Crippen LogP contribution >= 0.6 is 0 Å². The molecule has 1 N–H and O–H groups in total. The minimum Gasteiger partial charge on any atom is -0.477 e. The number of hydrogen-bond donors (Lipinski definition) is 1. The maximum absolute atomic E-state index is 12.7. The van der Waals surface area contributed by atoms with E-state index in [-0.39, 0.29) is 11.8 Å². The summed E-state index contributed by atoms with van der Waals surface area (Å²) in [7, 11) is 0. The molecule has 2 aromatic rings. The molecule has 134 valence electrons. The van der Waals surface area contributed by atoms with E-state index in [2.05, 4.69) is 24.1 Å². The number of nitrogens with one attached hydrogen (secondary N) is 1. The van der Waals surface area contributed by atoms with Crippen molar-refractivity contribution in [2.45, 2.75) is 52.0 Å². The van der Waals surface area contributed by atoms with Gasteiger partial charge >= 0.3 is 0 Å². The quantitative estimate of drug-likeness (QED) is 0.650. The monoisotopic (exact) mass is 340 g/mol. The summed E-state index contributed by atoms with van der Waals surface area (Å²) in [6.07, 6.45) is 5.59. The van der Waals surface area contributed by atoms with Crippen molar-refractivity contribution in [3.05, 3.63) is 59.8 Å². The molecule has 1 aromatic carbocycles. The highest BCUT2D eigenvalue weighted by Crippen LogP contribution is 2.22. The summed E-state index contributed by atoms with van der Waals surface area (Å²) in [4.78, 5) is 17.0. The number of amides is 1. The third-order valence-electron chi connectivity index (χ3n) is 4.14. The first kappa shape index (κ1) is 19.0. The second-order valence-corrected chi connectivity index (χ2v) is 6.14. The van der Waals surface area contributed by atoms with Gasteiger partial charge < -0.3 is 10.1 Å². The number of ether oxygens (including phenoxy) is 1. The normalized spacial score (nSPS) is 11.8. The van der Waals surface area contributed by atoms with Crippen molar-refractivity contribution in [1.82, 2.24) is 10.3 Å². The first-order chi connectivity index (χ1) is 12.3. The Kier molecular flexibility index (Phi) is 7.96. The maximum atomic E-state index is 12.7. The Bertz CT molecular complexity index is 643. The number of benzene rings is 1. The molecule has 4 nitrogen and oxygen atoms in total. The molecule has 4 heteroatoms. The summed E-state index contributed by atoms with van der Waals surface area (Å²) >= 11 is 0. The average Bonchev–Trinajstić information content (AvgIpc) is 2.66. The van der Waals surface area contributed by atoms with Gasteiger partial charge in [0.2, 0.25) is 11.8 Å². The van der Waals surface area contributed by atoms with Gasteiger partial charge in [-0.3, -0.25) is 4.79 Å². The van der Waals surface area contributed by atoms with E-state index in [1.54, 1.807) is 6.20 Å². The summed E-state index contributed by atoms with van der Waals surface area (Å²) in [5, 5.41) is 3.05. The molecule has 0 saturated heterocycles. The second-order valence-electron chi connectivity index (χ2n) is 6.14. The molecule has 0 bridgehead atoms. The minimum atomic E-state index is -0.118. The summed E-state index contributed by atoms with van der Waals surface area (Å²) in [6, 6.07) is 13.8. The predicted octanol–water partition coefficient (Wildman–Crippen LogP) is 4.46. The van der Waals surface area contributed by atoms with E-state index in [4.69, 9.17) is 4.74 Å². The lowest BCUT2D eigenvalue weighted by Gasteiger charge is -2.17. The van der Waals surface area contributed by atoms with Crippen molar-refractivity contribution in [2.24, 2.45) is 0 Å². The van der Waals surface area contributed by atoms with Gasteiger partial charge in [0.1, 0.15) is 0 Å². The Labute approximate surface area is 150 Å². The van der Waals surface area contributed by atoms with Crippen molar-refractivity contribution < 1.29 is 9.53 Å². The molecular weight excluding hydrogens is 312 g/mol. The highest BCUT2D eigenvalue weighted by molar-refractivity contribution is 5.83. The Balaban J connectivity index is 2.00. The lowest BCUT2D eigenvalue weighted by molar-refractivity contribution is -0.122. The average molecular weight is 340 g/mol. The van der Waals surface area contributed by atoms with Gasteiger partial charge in [-0.05, 0) is 24.5 Å². The number of unbranched alkanes of at least 4 members (excludes halogenated alkanes) is 1. The molecule has 1 aromatic heterocycles. The Morgan fingerprint density at radius 1 is 1.12 bits per heavy atom. The topological polar surface area (TPSA) is 51.2 Å². The zero-order chi connectivity index (χ0) is 17.9. The van der Waals surface area contributed by atoms with Gasteiger partial charge in [-0.15, -0.1) is 0 Å². The third kappa shape index (κ3) is 5.89. The highest BCUT2D eigenvalue weighted by Gasteiger charge is 2.19. The van der Waals surface area contributed by atoms with Crippen LogP contribution in [0.4, 0.5) is 0 Å². The summed E-state index contributed by atoms with van der Waals surface area (Å²) in [5.74, 6) is 0.548. The minimum absolute atomic E-state index is 0.0522. The first-order valence-corrected chi connectivity index (χ1v) is 9.15. The molecule has 1 amide bonds. The van der Waals surface area contributed by atoms with Gasteiger partial charge in [0, 0.05) is 18.3 Å². The Hall–Kier alpha value is -2.36. The van der Waals surface area contributed by atoms with E-state index in [0.29, 0.717) is 19.0 Å². The Morgan fingerprint density at radius 3 is 2.64 bits per heavy atom. The summed E-state index contributed by atoms with van der Waals surface area (Å²) in [6.45, 7) is 5.31. The summed E-state index contributed by atoms with van der Waals surface area (Å²) < 4.78 is 5.74. The lowest BCUT2D eigenvalue weighted by Crippen LogP contribution is -2.29. The molecule has 0 saturated carbocycles. The molecule has 0 aliphatic heterocycles. The lowest BCUT2D eigenvalue weighted by atomic mass is 9.93. The number of hydrogen-bond acceptors (Lipinski definition) is 3. The molecule has 2 rings (SSSR count). The number of pyridine rings is 1. The van der Waals surface area contributed by atoms with Gasteiger partial charge in [-0.2, -0.15) is 0 Å². The number of nitrogens with zero attached hydrogens (tertiary/aromatic N) is 1. The molecule has 0 fully saturated rings. The van der Waals surface area contributed by atoms with E-state index in [1.807, 2.05) is 42.5 Å². The fraction of sp³-hybridized carbons (Fsp3) is 0.429. The van der Waals surface area contributed by atoms with Crippen LogP contribution in [0.25, 0.3) is 0 Å². The van der Waals surface area contributed by atoms with Crippen LogP contribution in [0.2, 0.25) is 0 Å². The molecule has 1 atom stereocenters. The van der Waals surface area contributed by atoms with Crippen LogP contribution in [0.3, 0.4) is 0 Å². The van der Waals surface area contributed by atoms with Gasteiger partial charge in [-0.25, -0.2) is 4.98 Å². The molecule has 0 aliphatic rings. The van der Waals surface area contributed by atoms with E-state index < -0.39 is 0 Å². The molecular formula is C21H28N2O2. The molecule has 0 spiro atoms. The zero-order valence-corrected chi connectivity index (χ0v) is 15.2. The van der Waals surface area contributed by atoms with Crippen LogP contribution < -0.4 is 10.1 Å². The van der Waals surface area contributed by atoms with Crippen LogP contribution in [0, 0.1) is 0 Å². The molecule has 0 aliphatic carbocycles. The standard InChI is InChI=1S/C21H28N2O2/c1-3-5-15-25-21-18(13-9-14-22-21)16-23-20(24)19(10-4-2)17-11-7-6-8-12-17/h6-9,11-14,19H,3-5,10,15-16H2,1-2H3,(H,23,24). The van der Waals surface area contributed by atoms with Crippen LogP contribution in [0.15, 0.2) is 48.7 Å². The van der Waals surface area contributed by atoms with Gasteiger partial charge in [-0.1, -0.05) is 63.1 Å². The number of aromatic nitrogens is 1. The largest absolute Gasteiger partial charge is 0.477 e. The van der Waals surface area contributed by atoms with E-state index >= 15 is 0 Å². The van der Waals surface area contributed by atoms with Crippen molar-refractivity contribution in [2.75, 3.05) is 6.61 Å². The van der Waals surface area contributed by atoms with E-state index in [1.165, 1.54) is 0 Å². The van der Waals surface area contributed by atoms with E-state index in [0.717, 1.165) is 36.8 Å². The smallest absolute Gasteiger partial charge is 0.227 e. The highest BCUT2D eigenvalue weighted by atomic mass is 16.5. The summed E-state index contributed by atoms with van der Waals surface area (Å²) in [5.41, 5.74) is 1.97. The number of carbonyl (C=O) groups excluding carboxylic acids is 1. The van der Waals surface area contributed by atoms with Crippen molar-refractivity contribution >= 4 is 5.91 Å². The fourth-order valence-corrected chi connectivity index (χ4v) is 2.73. The van der Waals surface area contributed by atoms with Crippen LogP contribution in [0.1, 0.15) is 56.6 Å². The zero-order valence-electron chi connectivity index (χ0n) is 15.2. The number of rotatable bonds is 10. The molecule has 25 heavy (non-hydrogen) atoms. The van der Waals surface area contributed by atoms with Crippen LogP contribution in [0.5, 0.6) is 5.88 Å². The molecule has 0 radical (unpaired) electrons. The van der Waals surface area contributed by atoms with Crippen molar-refractivity contribution in [1.29, 1.82) is 0 Å². The second kappa shape index (κ2) is 10.5. The van der Waals surface area contributed by atoms with Gasteiger partial charge in [0.25, 0.3) is 0 Å².